The molecule has 0 aliphatic heterocycles. The van der Waals surface area contributed by atoms with Gasteiger partial charge in [0.05, 0.1) is 0 Å². The van der Waals surface area contributed by atoms with Gasteiger partial charge in [-0.25, -0.2) is 0 Å². The van der Waals surface area contributed by atoms with E-state index in [-0.39, 0.29) is 5.78 Å². The van der Waals surface area contributed by atoms with Crippen molar-refractivity contribution in [1.29, 1.82) is 0 Å². The van der Waals surface area contributed by atoms with Gasteiger partial charge in [0.25, 0.3) is 0 Å². The summed E-state index contributed by atoms with van der Waals surface area (Å²) in [5.41, 5.74) is 1.80. The summed E-state index contributed by atoms with van der Waals surface area (Å²) in [6.45, 7) is 3.52. The number of benzene rings is 1. The summed E-state index contributed by atoms with van der Waals surface area (Å²) in [7, 11) is 0. The van der Waals surface area contributed by atoms with Gasteiger partial charge in [0, 0.05) is 14.5 Å². The molecule has 0 N–H and O–H groups in total. The molecule has 0 spiro atoms. The highest BCUT2D eigenvalue weighted by atomic mass is 79.9. The highest BCUT2D eigenvalue weighted by Gasteiger charge is 2.07. The first-order valence-corrected chi connectivity index (χ1v) is 5.07. The van der Waals surface area contributed by atoms with Crippen LogP contribution in [0.1, 0.15) is 22.8 Å². The molecule has 0 heterocycles. The Morgan fingerprint density at radius 3 is 2.33 bits per heavy atom. The summed E-state index contributed by atoms with van der Waals surface area (Å²) in [5.74, 6) is 0.0810. The maximum atomic E-state index is 11.1. The third-order valence-corrected chi connectivity index (χ3v) is 3.14. The van der Waals surface area contributed by atoms with Crippen molar-refractivity contribution in [2.24, 2.45) is 0 Å². The van der Waals surface area contributed by atoms with E-state index in [1.165, 1.54) is 0 Å². The van der Waals surface area contributed by atoms with Crippen LogP contribution in [-0.4, -0.2) is 5.78 Å². The van der Waals surface area contributed by atoms with Crippen molar-refractivity contribution >= 4 is 37.6 Å². The molecule has 0 saturated carbocycles. The molecule has 1 nitrogen and oxygen atoms in total. The Balaban J connectivity index is 3.33. The maximum absolute atomic E-state index is 11.1. The van der Waals surface area contributed by atoms with Gasteiger partial charge in [0.2, 0.25) is 0 Å². The molecule has 0 bridgehead atoms. The molecule has 1 aromatic carbocycles. The van der Waals surface area contributed by atoms with E-state index in [0.29, 0.717) is 0 Å². The Labute approximate surface area is 88.4 Å². The van der Waals surface area contributed by atoms with Crippen molar-refractivity contribution in [2.75, 3.05) is 0 Å². The van der Waals surface area contributed by atoms with Crippen LogP contribution in [0.25, 0.3) is 0 Å². The fourth-order valence-corrected chi connectivity index (χ4v) is 2.20. The fourth-order valence-electron chi connectivity index (χ4n) is 0.927. The number of Topliss-reactive ketones (excluding diaryl/α,β-unsaturated/α-hetero) is 1. The molecule has 0 aromatic heterocycles. The predicted octanol–water partition coefficient (Wildman–Crippen LogP) is 3.72. The lowest BCUT2D eigenvalue weighted by molar-refractivity contribution is 0.101. The number of hydrogen-bond acceptors (Lipinski definition) is 1. The van der Waals surface area contributed by atoms with E-state index in [4.69, 9.17) is 0 Å². The smallest absolute Gasteiger partial charge is 0.160 e. The Hall–Kier alpha value is -0.150. The van der Waals surface area contributed by atoms with Crippen LogP contribution in [0.3, 0.4) is 0 Å². The lowest BCUT2D eigenvalue weighted by Crippen LogP contribution is -1.94. The largest absolute Gasteiger partial charge is 0.294 e. The number of hydrogen-bond donors (Lipinski definition) is 0. The summed E-state index contributed by atoms with van der Waals surface area (Å²) in [6, 6.07) is 3.77. The molecule has 64 valence electrons. The van der Waals surface area contributed by atoms with Gasteiger partial charge in [0.15, 0.2) is 5.78 Å². The van der Waals surface area contributed by atoms with Crippen molar-refractivity contribution < 1.29 is 4.79 Å². The van der Waals surface area contributed by atoms with Gasteiger partial charge in [-0.1, -0.05) is 31.9 Å². The van der Waals surface area contributed by atoms with Gasteiger partial charge in [0.1, 0.15) is 0 Å². The molecule has 3 heteroatoms. The molecule has 0 radical (unpaired) electrons. The second-order valence-electron chi connectivity index (χ2n) is 2.64. The molecule has 0 saturated heterocycles. The molecule has 0 amide bonds. The zero-order valence-corrected chi connectivity index (χ0v) is 9.99. The monoisotopic (exact) mass is 290 g/mol. The number of carbonyl (C=O) groups is 1. The van der Waals surface area contributed by atoms with Crippen LogP contribution in [0.2, 0.25) is 0 Å². The predicted molar refractivity (Wildman–Crippen MR) is 56.6 cm³/mol. The highest BCUT2D eigenvalue weighted by Crippen LogP contribution is 2.25. The van der Waals surface area contributed by atoms with E-state index in [9.17, 15) is 4.79 Å². The summed E-state index contributed by atoms with van der Waals surface area (Å²) in [6.07, 6.45) is 0. The van der Waals surface area contributed by atoms with Crippen LogP contribution in [0, 0.1) is 6.92 Å². The quantitative estimate of drug-likeness (QED) is 0.721. The average molecular weight is 292 g/mol. The lowest BCUT2D eigenvalue weighted by atomic mass is 10.1. The fraction of sp³-hybridized carbons (Fsp3) is 0.222. The van der Waals surface area contributed by atoms with Gasteiger partial charge >= 0.3 is 0 Å². The Kier molecular flexibility index (Phi) is 3.07. The second-order valence-corrected chi connectivity index (χ2v) is 4.35. The minimum absolute atomic E-state index is 0.0810. The highest BCUT2D eigenvalue weighted by molar-refractivity contribution is 9.11. The van der Waals surface area contributed by atoms with E-state index in [1.807, 2.05) is 19.1 Å². The number of carbonyl (C=O) groups excluding carboxylic acids is 1. The SMILES string of the molecule is CC(=O)c1cc(C)c(Br)cc1Br. The van der Waals surface area contributed by atoms with Crippen molar-refractivity contribution in [3.8, 4) is 0 Å². The third kappa shape index (κ3) is 1.96. The molecule has 0 unspecified atom stereocenters. The van der Waals surface area contributed by atoms with Crippen molar-refractivity contribution in [3.05, 3.63) is 32.2 Å². The lowest BCUT2D eigenvalue weighted by Gasteiger charge is -2.03. The molecule has 12 heavy (non-hydrogen) atoms. The zero-order chi connectivity index (χ0) is 9.30. The first kappa shape index (κ1) is 9.93. The first-order chi connectivity index (χ1) is 5.52. The van der Waals surface area contributed by atoms with Crippen molar-refractivity contribution in [3.63, 3.8) is 0 Å². The molecule has 1 rings (SSSR count). The summed E-state index contributed by atoms with van der Waals surface area (Å²) in [4.78, 5) is 11.1. The Bertz CT molecular complexity index is 332. The number of rotatable bonds is 1. The van der Waals surface area contributed by atoms with E-state index in [1.54, 1.807) is 6.92 Å². The number of ketones is 1. The standard InChI is InChI=1S/C9H8Br2O/c1-5-3-7(6(2)12)9(11)4-8(5)10/h3-4H,1-2H3. The zero-order valence-electron chi connectivity index (χ0n) is 6.82. The average Bonchev–Trinajstić information content (AvgIpc) is 1.96. The third-order valence-electron chi connectivity index (χ3n) is 1.63. The van der Waals surface area contributed by atoms with Crippen LogP contribution < -0.4 is 0 Å². The Morgan fingerprint density at radius 1 is 1.25 bits per heavy atom. The van der Waals surface area contributed by atoms with Gasteiger partial charge in [-0.05, 0) is 31.5 Å². The molecule has 0 aliphatic rings. The van der Waals surface area contributed by atoms with Gasteiger partial charge < -0.3 is 0 Å². The molecule has 0 aliphatic carbocycles. The van der Waals surface area contributed by atoms with Crippen LogP contribution in [0.4, 0.5) is 0 Å². The Morgan fingerprint density at radius 2 is 1.83 bits per heavy atom. The van der Waals surface area contributed by atoms with E-state index >= 15 is 0 Å². The minimum Gasteiger partial charge on any atom is -0.294 e. The van der Waals surface area contributed by atoms with Crippen LogP contribution >= 0.6 is 31.9 Å². The van der Waals surface area contributed by atoms with Crippen LogP contribution in [-0.2, 0) is 0 Å². The van der Waals surface area contributed by atoms with Gasteiger partial charge in [-0.15, -0.1) is 0 Å². The first-order valence-electron chi connectivity index (χ1n) is 3.49. The van der Waals surface area contributed by atoms with E-state index in [0.717, 1.165) is 20.1 Å². The maximum Gasteiger partial charge on any atom is 0.160 e. The number of halogens is 2. The van der Waals surface area contributed by atoms with E-state index < -0.39 is 0 Å². The van der Waals surface area contributed by atoms with Crippen molar-refractivity contribution in [1.82, 2.24) is 0 Å². The summed E-state index contributed by atoms with van der Waals surface area (Å²) >= 11 is 6.72. The molecule has 0 atom stereocenters. The van der Waals surface area contributed by atoms with E-state index in [2.05, 4.69) is 31.9 Å². The van der Waals surface area contributed by atoms with Crippen molar-refractivity contribution in [2.45, 2.75) is 13.8 Å². The molecule has 0 fully saturated rings. The molecular weight excluding hydrogens is 284 g/mol. The van der Waals surface area contributed by atoms with Crippen LogP contribution in [0.15, 0.2) is 21.1 Å². The topological polar surface area (TPSA) is 17.1 Å². The van der Waals surface area contributed by atoms with Crippen LogP contribution in [0.5, 0.6) is 0 Å². The summed E-state index contributed by atoms with van der Waals surface area (Å²) < 4.78 is 1.85. The van der Waals surface area contributed by atoms with Gasteiger partial charge in [-0.2, -0.15) is 0 Å². The minimum atomic E-state index is 0.0810. The second kappa shape index (κ2) is 3.71. The number of aryl methyl sites for hydroxylation is 1. The normalized spacial score (nSPS) is 10.0. The van der Waals surface area contributed by atoms with Gasteiger partial charge in [-0.3, -0.25) is 4.79 Å². The molecule has 1 aromatic rings. The summed E-state index contributed by atoms with van der Waals surface area (Å²) in [5, 5.41) is 0. The molecular formula is C9H8Br2O.